The molecule has 0 heterocycles. The molecule has 0 bridgehead atoms. The summed E-state index contributed by atoms with van der Waals surface area (Å²) in [7, 11) is 0. The molecule has 1 saturated carbocycles. The van der Waals surface area contributed by atoms with Crippen molar-refractivity contribution in [1.29, 1.82) is 0 Å². The fourth-order valence-corrected chi connectivity index (χ4v) is 3.50. The Morgan fingerprint density at radius 2 is 1.80 bits per heavy atom. The van der Waals surface area contributed by atoms with Crippen LogP contribution in [-0.4, -0.2) is 12.7 Å². The van der Waals surface area contributed by atoms with Crippen molar-refractivity contribution in [1.82, 2.24) is 0 Å². The average Bonchev–Trinajstić information content (AvgIpc) is 2.40. The van der Waals surface area contributed by atoms with E-state index in [2.05, 4.69) is 41.9 Å². The Balaban J connectivity index is 2.11. The van der Waals surface area contributed by atoms with E-state index >= 15 is 0 Å². The minimum absolute atomic E-state index is 0.322. The van der Waals surface area contributed by atoms with Gasteiger partial charge in [0.25, 0.3) is 0 Å². The van der Waals surface area contributed by atoms with E-state index in [1.165, 1.54) is 12.0 Å². The number of halogens is 1. The molecule has 2 rings (SSSR count). The standard InChI is InChI=1S/C17H25BrO2/c1-4-19-17-10-14(11-18)5-6-16(17)20-15-8-12(2)7-13(3)9-15/h5-6,10,12-13,15H,4,7-9,11H2,1-3H3. The molecule has 1 aliphatic rings. The number of rotatable bonds is 5. The van der Waals surface area contributed by atoms with Crippen molar-refractivity contribution in [3.8, 4) is 11.5 Å². The molecule has 112 valence electrons. The lowest BCUT2D eigenvalue weighted by Crippen LogP contribution is -2.28. The first-order valence-electron chi connectivity index (χ1n) is 7.60. The van der Waals surface area contributed by atoms with Gasteiger partial charge in [0.05, 0.1) is 12.7 Å². The second-order valence-corrected chi connectivity index (χ2v) is 6.57. The molecule has 0 aromatic heterocycles. The first-order chi connectivity index (χ1) is 9.62. The van der Waals surface area contributed by atoms with Crippen LogP contribution in [0.25, 0.3) is 0 Å². The second-order valence-electron chi connectivity index (χ2n) is 6.01. The summed E-state index contributed by atoms with van der Waals surface area (Å²) in [4.78, 5) is 0. The minimum atomic E-state index is 0.322. The Kier molecular flexibility index (Phi) is 5.76. The van der Waals surface area contributed by atoms with Crippen molar-refractivity contribution in [3.63, 3.8) is 0 Å². The molecule has 2 nitrogen and oxygen atoms in total. The maximum absolute atomic E-state index is 6.24. The van der Waals surface area contributed by atoms with E-state index in [9.17, 15) is 0 Å². The molecule has 1 aliphatic carbocycles. The average molecular weight is 341 g/mol. The predicted molar refractivity (Wildman–Crippen MR) is 86.8 cm³/mol. The van der Waals surface area contributed by atoms with E-state index < -0.39 is 0 Å². The van der Waals surface area contributed by atoms with Crippen molar-refractivity contribution in [2.75, 3.05) is 6.61 Å². The summed E-state index contributed by atoms with van der Waals surface area (Å²) >= 11 is 3.49. The Morgan fingerprint density at radius 1 is 1.10 bits per heavy atom. The van der Waals surface area contributed by atoms with Crippen LogP contribution in [0.2, 0.25) is 0 Å². The third-order valence-electron chi connectivity index (χ3n) is 3.89. The van der Waals surface area contributed by atoms with Crippen LogP contribution in [0.15, 0.2) is 18.2 Å². The van der Waals surface area contributed by atoms with Gasteiger partial charge >= 0.3 is 0 Å². The Labute approximate surface area is 131 Å². The van der Waals surface area contributed by atoms with Gasteiger partial charge in [-0.2, -0.15) is 0 Å². The molecule has 0 aliphatic heterocycles. The molecule has 1 aromatic carbocycles. The Bertz CT molecular complexity index is 423. The topological polar surface area (TPSA) is 18.5 Å². The first kappa shape index (κ1) is 15.7. The molecule has 0 radical (unpaired) electrons. The molecule has 2 unspecified atom stereocenters. The maximum Gasteiger partial charge on any atom is 0.161 e. The molecule has 0 saturated heterocycles. The lowest BCUT2D eigenvalue weighted by atomic mass is 9.82. The first-order valence-corrected chi connectivity index (χ1v) is 8.72. The van der Waals surface area contributed by atoms with Crippen molar-refractivity contribution >= 4 is 15.9 Å². The summed E-state index contributed by atoms with van der Waals surface area (Å²) < 4.78 is 12.0. The lowest BCUT2D eigenvalue weighted by Gasteiger charge is -2.32. The normalized spacial score (nSPS) is 26.3. The van der Waals surface area contributed by atoms with Gasteiger partial charge in [-0.15, -0.1) is 0 Å². The third kappa shape index (κ3) is 4.15. The van der Waals surface area contributed by atoms with Crippen LogP contribution in [0, 0.1) is 11.8 Å². The van der Waals surface area contributed by atoms with E-state index in [-0.39, 0.29) is 0 Å². The van der Waals surface area contributed by atoms with E-state index in [0.29, 0.717) is 12.7 Å². The van der Waals surface area contributed by atoms with Gasteiger partial charge < -0.3 is 9.47 Å². The Morgan fingerprint density at radius 3 is 2.40 bits per heavy atom. The smallest absolute Gasteiger partial charge is 0.161 e. The molecule has 1 aromatic rings. The summed E-state index contributed by atoms with van der Waals surface area (Å²) in [6.07, 6.45) is 3.94. The molecule has 20 heavy (non-hydrogen) atoms. The highest BCUT2D eigenvalue weighted by Gasteiger charge is 2.26. The SMILES string of the molecule is CCOc1cc(CBr)ccc1OC1CC(C)CC(C)C1. The van der Waals surface area contributed by atoms with Gasteiger partial charge in [-0.05, 0) is 55.7 Å². The van der Waals surface area contributed by atoms with E-state index in [4.69, 9.17) is 9.47 Å². The highest BCUT2D eigenvalue weighted by molar-refractivity contribution is 9.08. The predicted octanol–water partition coefficient (Wildman–Crippen LogP) is 5.18. The monoisotopic (exact) mass is 340 g/mol. The van der Waals surface area contributed by atoms with Gasteiger partial charge in [-0.25, -0.2) is 0 Å². The minimum Gasteiger partial charge on any atom is -0.490 e. The highest BCUT2D eigenvalue weighted by atomic mass is 79.9. The summed E-state index contributed by atoms with van der Waals surface area (Å²) in [5.41, 5.74) is 1.21. The molecule has 0 amide bonds. The van der Waals surface area contributed by atoms with Crippen LogP contribution in [0.3, 0.4) is 0 Å². The molecule has 0 N–H and O–H groups in total. The summed E-state index contributed by atoms with van der Waals surface area (Å²) in [6, 6.07) is 6.22. The van der Waals surface area contributed by atoms with Crippen LogP contribution in [-0.2, 0) is 5.33 Å². The van der Waals surface area contributed by atoms with Gasteiger partial charge in [0.1, 0.15) is 0 Å². The molecule has 2 atom stereocenters. The van der Waals surface area contributed by atoms with Crippen LogP contribution in [0.4, 0.5) is 0 Å². The van der Waals surface area contributed by atoms with E-state index in [1.54, 1.807) is 0 Å². The van der Waals surface area contributed by atoms with Crippen molar-refractivity contribution in [3.05, 3.63) is 23.8 Å². The van der Waals surface area contributed by atoms with Gasteiger partial charge in [0.2, 0.25) is 0 Å². The zero-order valence-corrected chi connectivity index (χ0v) is 14.3. The third-order valence-corrected chi connectivity index (χ3v) is 4.54. The van der Waals surface area contributed by atoms with Crippen LogP contribution in [0.5, 0.6) is 11.5 Å². The second kappa shape index (κ2) is 7.35. The number of hydrogen-bond acceptors (Lipinski definition) is 2. The van der Waals surface area contributed by atoms with Crippen LogP contribution in [0.1, 0.15) is 45.6 Å². The molecular formula is C17H25BrO2. The van der Waals surface area contributed by atoms with Crippen molar-refractivity contribution in [2.24, 2.45) is 11.8 Å². The zero-order chi connectivity index (χ0) is 14.5. The van der Waals surface area contributed by atoms with E-state index in [1.807, 2.05) is 13.0 Å². The quantitative estimate of drug-likeness (QED) is 0.687. The molecular weight excluding hydrogens is 316 g/mol. The number of benzene rings is 1. The van der Waals surface area contributed by atoms with Crippen molar-refractivity contribution < 1.29 is 9.47 Å². The summed E-state index contributed by atoms with van der Waals surface area (Å²) in [5, 5.41) is 0.838. The largest absolute Gasteiger partial charge is 0.490 e. The van der Waals surface area contributed by atoms with Crippen LogP contribution < -0.4 is 9.47 Å². The zero-order valence-electron chi connectivity index (χ0n) is 12.7. The molecule has 0 spiro atoms. The van der Waals surface area contributed by atoms with Gasteiger partial charge in [0, 0.05) is 5.33 Å². The molecule has 1 fully saturated rings. The summed E-state index contributed by atoms with van der Waals surface area (Å²) in [6.45, 7) is 7.32. The molecule has 3 heteroatoms. The van der Waals surface area contributed by atoms with Gasteiger partial charge in [0.15, 0.2) is 11.5 Å². The number of ether oxygens (including phenoxy) is 2. The highest BCUT2D eigenvalue weighted by Crippen LogP contribution is 2.35. The number of alkyl halides is 1. The maximum atomic E-state index is 6.24. The Hall–Kier alpha value is -0.700. The lowest BCUT2D eigenvalue weighted by molar-refractivity contribution is 0.0971. The fraction of sp³-hybridized carbons (Fsp3) is 0.647. The van der Waals surface area contributed by atoms with E-state index in [0.717, 1.165) is 41.5 Å². The van der Waals surface area contributed by atoms with Crippen molar-refractivity contribution in [2.45, 2.75) is 51.5 Å². The summed E-state index contributed by atoms with van der Waals surface area (Å²) in [5.74, 6) is 3.26. The fourth-order valence-electron chi connectivity index (χ4n) is 3.15. The van der Waals surface area contributed by atoms with Gasteiger partial charge in [-0.1, -0.05) is 35.8 Å². The number of hydrogen-bond donors (Lipinski definition) is 0. The van der Waals surface area contributed by atoms with Gasteiger partial charge in [-0.3, -0.25) is 0 Å². The van der Waals surface area contributed by atoms with Crippen LogP contribution >= 0.6 is 15.9 Å².